The van der Waals surface area contributed by atoms with Gasteiger partial charge in [-0.15, -0.1) is 68.0 Å². The summed E-state index contributed by atoms with van der Waals surface area (Å²) in [6.07, 6.45) is -8.70. The van der Waals surface area contributed by atoms with E-state index < -0.39 is 23.5 Å². The van der Waals surface area contributed by atoms with Gasteiger partial charge in [0.1, 0.15) is 0 Å². The van der Waals surface area contributed by atoms with Crippen molar-refractivity contribution in [1.29, 1.82) is 0 Å². The first kappa shape index (κ1) is 30.5. The predicted octanol–water partition coefficient (Wildman–Crippen LogP) is 15.4. The smallest absolute Gasteiger partial charge is 0.166 e. The Bertz CT molecular complexity index is 2450. The third-order valence-electron chi connectivity index (χ3n) is 8.10. The molecule has 3 aromatic carbocycles. The van der Waals surface area contributed by atoms with Crippen LogP contribution in [0.25, 0.3) is 79.4 Å². The van der Waals surface area contributed by atoms with Crippen molar-refractivity contribution in [2.45, 2.75) is 12.4 Å². The molecule has 12 heteroatoms. The lowest BCUT2D eigenvalue weighted by Gasteiger charge is -2.06. The Labute approximate surface area is 292 Å². The van der Waals surface area contributed by atoms with Crippen LogP contribution in [0.2, 0.25) is 0 Å². The Balaban J connectivity index is 1.01. The zero-order chi connectivity index (χ0) is 32.9. The zero-order valence-electron chi connectivity index (χ0n) is 24.0. The second-order valence-corrected chi connectivity index (χ2v) is 17.6. The van der Waals surface area contributed by atoms with Crippen LogP contribution in [0.1, 0.15) is 11.1 Å². The Kier molecular flexibility index (Phi) is 6.99. The summed E-state index contributed by atoms with van der Waals surface area (Å²) in [4.78, 5) is 6.32. The topological polar surface area (TPSA) is 0 Å². The molecular weight excluding hydrogens is 739 g/mol. The molecular formula is C36H16F6S6. The lowest BCUT2D eigenvalue weighted by atomic mass is 10.1. The minimum Gasteiger partial charge on any atom is -0.166 e. The van der Waals surface area contributed by atoms with Gasteiger partial charge in [0, 0.05) is 58.8 Å². The van der Waals surface area contributed by atoms with Crippen molar-refractivity contribution in [2.75, 3.05) is 0 Å². The van der Waals surface area contributed by atoms with E-state index in [0.717, 1.165) is 64.7 Å². The minimum absolute atomic E-state index is 0.649. The van der Waals surface area contributed by atoms with Gasteiger partial charge in [0.25, 0.3) is 0 Å². The van der Waals surface area contributed by atoms with Gasteiger partial charge in [0.05, 0.1) is 20.5 Å². The molecule has 0 amide bonds. The van der Waals surface area contributed by atoms with E-state index in [1.807, 2.05) is 24.3 Å². The van der Waals surface area contributed by atoms with Crippen molar-refractivity contribution in [3.63, 3.8) is 0 Å². The van der Waals surface area contributed by atoms with E-state index in [1.165, 1.54) is 63.2 Å². The van der Waals surface area contributed by atoms with Gasteiger partial charge in [0.15, 0.2) is 0 Å². The van der Waals surface area contributed by atoms with Gasteiger partial charge in [0.2, 0.25) is 0 Å². The molecule has 0 unspecified atom stereocenters. The Morgan fingerprint density at radius 3 is 1.08 bits per heavy atom. The van der Waals surface area contributed by atoms with Crippen molar-refractivity contribution in [3.8, 4) is 40.4 Å². The minimum atomic E-state index is -4.35. The maximum absolute atomic E-state index is 13.0. The standard InChI is InChI=1S/C36H16F6S6/c37-35(38,39)19-5-1-17(2-6-19)23-9-11-25(43-23)29-15-31-33(47-29)21-13-28-22(14-27(21)45-31)34-32(46-28)16-30(48-34)26-12-10-24(44-26)18-3-7-20(8-4-18)36(40,41)42/h1-16H. The second kappa shape index (κ2) is 11.0. The summed E-state index contributed by atoms with van der Waals surface area (Å²) in [5.74, 6) is 0. The molecule has 0 saturated carbocycles. The SMILES string of the molecule is FC(F)(F)c1ccc(-c2ccc(-c3cc4sc5cc6c(cc5c4s3)sc3cc(-c4ccc(-c5ccc(C(F)(F)F)cc5)s4)sc36)s2)cc1. The summed E-state index contributed by atoms with van der Waals surface area (Å²) < 4.78 is 85.3. The maximum Gasteiger partial charge on any atom is 0.416 e. The molecule has 48 heavy (non-hydrogen) atoms. The molecule has 0 bridgehead atoms. The summed E-state index contributed by atoms with van der Waals surface area (Å²) in [7, 11) is 0. The number of alkyl halides is 6. The molecule has 0 nitrogen and oxygen atoms in total. The molecule has 0 saturated heterocycles. The number of thiophene rings is 6. The summed E-state index contributed by atoms with van der Waals surface area (Å²) >= 11 is 10.2. The molecule has 9 aromatic rings. The van der Waals surface area contributed by atoms with Gasteiger partial charge >= 0.3 is 12.4 Å². The van der Waals surface area contributed by atoms with Crippen molar-refractivity contribution < 1.29 is 26.3 Å². The molecule has 0 aliphatic rings. The molecule has 0 spiro atoms. The van der Waals surface area contributed by atoms with Crippen LogP contribution in [-0.2, 0) is 12.4 Å². The highest BCUT2D eigenvalue weighted by Crippen LogP contribution is 2.50. The van der Waals surface area contributed by atoms with Crippen LogP contribution in [-0.4, -0.2) is 0 Å². The number of fused-ring (bicyclic) bond motifs is 6. The third-order valence-corrected chi connectivity index (χ3v) is 15.6. The summed E-state index contributed by atoms with van der Waals surface area (Å²) in [6.45, 7) is 0. The van der Waals surface area contributed by atoms with Gasteiger partial charge in [-0.2, -0.15) is 26.3 Å². The highest BCUT2D eigenvalue weighted by Gasteiger charge is 2.31. The van der Waals surface area contributed by atoms with Crippen LogP contribution in [0.5, 0.6) is 0 Å². The number of hydrogen-bond acceptors (Lipinski definition) is 6. The quantitative estimate of drug-likeness (QED) is 0.157. The molecule has 6 heterocycles. The Hall–Kier alpha value is -3.52. The zero-order valence-corrected chi connectivity index (χ0v) is 28.9. The fourth-order valence-electron chi connectivity index (χ4n) is 5.74. The molecule has 9 rings (SSSR count). The lowest BCUT2D eigenvalue weighted by Crippen LogP contribution is -2.03. The molecule has 0 fully saturated rings. The lowest BCUT2D eigenvalue weighted by molar-refractivity contribution is -0.138. The van der Waals surface area contributed by atoms with E-state index in [2.05, 4.69) is 24.3 Å². The number of benzene rings is 3. The number of rotatable bonds is 4. The predicted molar refractivity (Wildman–Crippen MR) is 195 cm³/mol. The summed E-state index contributed by atoms with van der Waals surface area (Å²) in [5, 5.41) is 2.46. The maximum atomic E-state index is 13.0. The molecule has 238 valence electrons. The molecule has 6 aromatic heterocycles. The van der Waals surface area contributed by atoms with Crippen molar-refractivity contribution in [1.82, 2.24) is 0 Å². The van der Waals surface area contributed by atoms with E-state index in [4.69, 9.17) is 0 Å². The van der Waals surface area contributed by atoms with Gasteiger partial charge in [-0.1, -0.05) is 24.3 Å². The second-order valence-electron chi connectivity index (χ2n) is 11.1. The molecule has 0 aliphatic heterocycles. The fourth-order valence-corrected chi connectivity index (χ4v) is 13.0. The van der Waals surface area contributed by atoms with E-state index in [9.17, 15) is 26.3 Å². The van der Waals surface area contributed by atoms with Crippen LogP contribution in [0, 0.1) is 0 Å². The van der Waals surface area contributed by atoms with Gasteiger partial charge in [-0.3, -0.25) is 0 Å². The van der Waals surface area contributed by atoms with Crippen LogP contribution >= 0.6 is 68.0 Å². The first-order chi connectivity index (χ1) is 23.0. The first-order valence-corrected chi connectivity index (χ1v) is 19.3. The molecule has 0 aliphatic carbocycles. The normalized spacial score (nSPS) is 12.8. The third kappa shape index (κ3) is 5.21. The van der Waals surface area contributed by atoms with Gasteiger partial charge in [-0.25, -0.2) is 0 Å². The van der Waals surface area contributed by atoms with E-state index in [0.29, 0.717) is 0 Å². The largest absolute Gasteiger partial charge is 0.416 e. The average Bonchev–Trinajstić information content (AvgIpc) is 3.89. The Morgan fingerprint density at radius 1 is 0.333 bits per heavy atom. The fraction of sp³-hybridized carbons (Fsp3) is 0.0556. The first-order valence-electron chi connectivity index (χ1n) is 14.4. The van der Waals surface area contributed by atoms with Crippen molar-refractivity contribution >= 4 is 107 Å². The van der Waals surface area contributed by atoms with E-state index in [-0.39, 0.29) is 0 Å². The van der Waals surface area contributed by atoms with Crippen LogP contribution in [0.3, 0.4) is 0 Å². The van der Waals surface area contributed by atoms with Crippen LogP contribution in [0.15, 0.2) is 97.1 Å². The summed E-state index contributed by atoms with van der Waals surface area (Å²) in [6, 6.07) is 27.6. The van der Waals surface area contributed by atoms with Crippen molar-refractivity contribution in [3.05, 3.63) is 108 Å². The average molecular weight is 755 g/mol. The van der Waals surface area contributed by atoms with E-state index >= 15 is 0 Å². The van der Waals surface area contributed by atoms with Crippen LogP contribution < -0.4 is 0 Å². The van der Waals surface area contributed by atoms with Crippen molar-refractivity contribution in [2.24, 2.45) is 0 Å². The van der Waals surface area contributed by atoms with E-state index in [1.54, 1.807) is 68.0 Å². The molecule has 0 atom stereocenters. The highest BCUT2D eigenvalue weighted by molar-refractivity contribution is 7.36. The molecule has 0 radical (unpaired) electrons. The summed E-state index contributed by atoms with van der Waals surface area (Å²) in [5.41, 5.74) is 0.240. The highest BCUT2D eigenvalue weighted by atomic mass is 32.1. The number of hydrogen-bond donors (Lipinski definition) is 0. The monoisotopic (exact) mass is 754 g/mol. The van der Waals surface area contributed by atoms with Gasteiger partial charge in [-0.05, 0) is 83.9 Å². The number of halogens is 6. The Morgan fingerprint density at radius 2 is 0.708 bits per heavy atom. The van der Waals surface area contributed by atoms with Crippen LogP contribution in [0.4, 0.5) is 26.3 Å². The van der Waals surface area contributed by atoms with Gasteiger partial charge < -0.3 is 0 Å². The molecule has 0 N–H and O–H groups in total.